The van der Waals surface area contributed by atoms with Gasteiger partial charge in [-0.3, -0.25) is 0 Å². The molecule has 0 saturated carbocycles. The minimum absolute atomic E-state index is 0.0359. The van der Waals surface area contributed by atoms with E-state index in [9.17, 15) is 8.78 Å². The van der Waals surface area contributed by atoms with Crippen molar-refractivity contribution in [3.8, 4) is 17.5 Å². The number of alkyl halides is 2. The van der Waals surface area contributed by atoms with E-state index >= 15 is 0 Å². The summed E-state index contributed by atoms with van der Waals surface area (Å²) in [6, 6.07) is 5.55. The minimum Gasteiger partial charge on any atom is -0.432 e. The van der Waals surface area contributed by atoms with Crippen LogP contribution in [0.2, 0.25) is 5.02 Å². The summed E-state index contributed by atoms with van der Waals surface area (Å²) in [5.74, 6) is 0.392. The van der Waals surface area contributed by atoms with Gasteiger partial charge in [-0.1, -0.05) is 17.7 Å². The van der Waals surface area contributed by atoms with E-state index in [0.717, 1.165) is 31.0 Å². The fraction of sp³-hybridized carbons (Fsp3) is 0.263. The first-order valence-corrected chi connectivity index (χ1v) is 9.60. The molecule has 0 amide bonds. The van der Waals surface area contributed by atoms with Crippen molar-refractivity contribution < 1.29 is 23.0 Å². The third kappa shape index (κ3) is 5.72. The molecule has 1 fully saturated rings. The number of anilines is 2. The largest absolute Gasteiger partial charge is 0.432 e. The molecule has 1 saturated heterocycles. The van der Waals surface area contributed by atoms with Crippen molar-refractivity contribution in [1.82, 2.24) is 25.3 Å². The van der Waals surface area contributed by atoms with Crippen LogP contribution in [0.15, 0.2) is 43.0 Å². The lowest BCUT2D eigenvalue weighted by molar-refractivity contribution is -0.0503. The van der Waals surface area contributed by atoms with E-state index < -0.39 is 6.61 Å². The zero-order chi connectivity index (χ0) is 21.6. The lowest BCUT2D eigenvalue weighted by atomic mass is 10.1. The summed E-state index contributed by atoms with van der Waals surface area (Å²) in [6.45, 7) is -0.722. The zero-order valence-electron chi connectivity index (χ0n) is 16.0. The number of halogens is 3. The molecule has 2 aromatic heterocycles. The number of morpholine rings is 1. The highest BCUT2D eigenvalue weighted by Crippen LogP contribution is 2.29. The molecule has 0 unspecified atom stereocenters. The first-order chi connectivity index (χ1) is 15.1. The molecular formula is C19H17ClF2N6O3. The Bertz CT molecular complexity index is 1000. The Labute approximate surface area is 180 Å². The second-order valence-corrected chi connectivity index (χ2v) is 6.76. The molecule has 1 aliphatic heterocycles. The maximum atomic E-state index is 12.1. The van der Waals surface area contributed by atoms with E-state index in [1.54, 1.807) is 0 Å². The molecule has 9 nitrogen and oxygen atoms in total. The van der Waals surface area contributed by atoms with Gasteiger partial charge in [0.15, 0.2) is 11.5 Å². The Morgan fingerprint density at radius 2 is 1.84 bits per heavy atom. The molecule has 1 atom stereocenters. The number of nitrogens with one attached hydrogen (secondary N) is 2. The van der Waals surface area contributed by atoms with Crippen LogP contribution in [0.5, 0.6) is 17.5 Å². The minimum atomic E-state index is -2.95. The molecule has 12 heteroatoms. The Kier molecular flexibility index (Phi) is 6.65. The molecule has 3 heterocycles. The fourth-order valence-corrected chi connectivity index (χ4v) is 3.03. The van der Waals surface area contributed by atoms with Crippen molar-refractivity contribution in [2.45, 2.75) is 12.7 Å². The van der Waals surface area contributed by atoms with Gasteiger partial charge in [0.2, 0.25) is 5.95 Å². The molecule has 4 rings (SSSR count). The second kappa shape index (κ2) is 9.77. The maximum absolute atomic E-state index is 12.1. The molecule has 0 spiro atoms. The smallest absolute Gasteiger partial charge is 0.387 e. The van der Waals surface area contributed by atoms with Crippen LogP contribution < -0.4 is 20.1 Å². The lowest BCUT2D eigenvalue weighted by Crippen LogP contribution is -2.33. The van der Waals surface area contributed by atoms with Crippen molar-refractivity contribution in [3.05, 3.63) is 53.6 Å². The number of benzene rings is 1. The first kappa shape index (κ1) is 21.1. The van der Waals surface area contributed by atoms with Gasteiger partial charge in [0.05, 0.1) is 48.2 Å². The third-order valence-corrected chi connectivity index (χ3v) is 4.52. The predicted molar refractivity (Wildman–Crippen MR) is 107 cm³/mol. The van der Waals surface area contributed by atoms with Gasteiger partial charge in [-0.15, -0.1) is 0 Å². The lowest BCUT2D eigenvalue weighted by Gasteiger charge is -2.24. The zero-order valence-corrected chi connectivity index (χ0v) is 16.7. The average Bonchev–Trinajstić information content (AvgIpc) is 2.78. The fourth-order valence-electron chi connectivity index (χ4n) is 2.79. The van der Waals surface area contributed by atoms with Gasteiger partial charge in [0.1, 0.15) is 0 Å². The van der Waals surface area contributed by atoms with E-state index in [4.69, 9.17) is 21.1 Å². The van der Waals surface area contributed by atoms with Crippen LogP contribution >= 0.6 is 11.6 Å². The van der Waals surface area contributed by atoms with Crippen molar-refractivity contribution >= 4 is 23.2 Å². The van der Waals surface area contributed by atoms with Crippen molar-refractivity contribution in [1.29, 1.82) is 0 Å². The maximum Gasteiger partial charge on any atom is 0.387 e. The van der Waals surface area contributed by atoms with Crippen LogP contribution in [0.1, 0.15) is 11.7 Å². The average molecular weight is 451 g/mol. The first-order valence-electron chi connectivity index (χ1n) is 9.22. The van der Waals surface area contributed by atoms with Crippen LogP contribution in [-0.2, 0) is 4.74 Å². The van der Waals surface area contributed by atoms with E-state index in [-0.39, 0.29) is 23.6 Å². The Hall–Kier alpha value is -3.15. The molecule has 1 aliphatic rings. The van der Waals surface area contributed by atoms with Crippen molar-refractivity contribution in [3.63, 3.8) is 0 Å². The molecule has 2 N–H and O–H groups in total. The van der Waals surface area contributed by atoms with Gasteiger partial charge in [-0.2, -0.15) is 18.7 Å². The van der Waals surface area contributed by atoms with Gasteiger partial charge in [-0.25, -0.2) is 9.97 Å². The molecule has 0 radical (unpaired) electrons. The predicted octanol–water partition coefficient (Wildman–Crippen LogP) is 3.72. The quantitative estimate of drug-likeness (QED) is 0.557. The third-order valence-electron chi connectivity index (χ3n) is 4.21. The van der Waals surface area contributed by atoms with Crippen LogP contribution in [-0.4, -0.2) is 46.2 Å². The standard InChI is InChI=1S/C19H17ClF2N6O3/c20-14-5-11(16-10-23-3-4-29-16)1-2-15(14)28-18-24-6-13(7-25-18)31-19-26-8-12(9-27-19)30-17(21)22/h1-2,5-9,16-17,23H,3-4,10H2,(H,24,25,28)/t16-/m0/s1. The number of ether oxygens (including phenoxy) is 3. The summed E-state index contributed by atoms with van der Waals surface area (Å²) in [4.78, 5) is 15.9. The highest BCUT2D eigenvalue weighted by Gasteiger charge is 2.17. The van der Waals surface area contributed by atoms with Crippen molar-refractivity contribution in [2.24, 2.45) is 0 Å². The van der Waals surface area contributed by atoms with Crippen molar-refractivity contribution in [2.75, 3.05) is 25.0 Å². The van der Waals surface area contributed by atoms with Crippen LogP contribution in [0.3, 0.4) is 0 Å². The molecule has 3 aromatic rings. The Morgan fingerprint density at radius 1 is 1.10 bits per heavy atom. The topological polar surface area (TPSA) is 103 Å². The summed E-state index contributed by atoms with van der Waals surface area (Å²) >= 11 is 6.39. The van der Waals surface area contributed by atoms with Gasteiger partial charge < -0.3 is 24.8 Å². The number of rotatable bonds is 7. The molecular weight excluding hydrogens is 434 g/mol. The Morgan fingerprint density at radius 3 is 2.48 bits per heavy atom. The van der Waals surface area contributed by atoms with E-state index in [2.05, 4.69) is 35.3 Å². The molecule has 0 aliphatic carbocycles. The van der Waals surface area contributed by atoms with E-state index in [1.807, 2.05) is 18.2 Å². The summed E-state index contributed by atoms with van der Waals surface area (Å²) in [6.07, 6.45) is 4.93. The van der Waals surface area contributed by atoms with Gasteiger partial charge in [-0.05, 0) is 17.7 Å². The normalized spacial score (nSPS) is 16.2. The second-order valence-electron chi connectivity index (χ2n) is 6.35. The molecule has 162 valence electrons. The molecule has 0 bridgehead atoms. The van der Waals surface area contributed by atoms with Gasteiger partial charge in [0.25, 0.3) is 0 Å². The highest BCUT2D eigenvalue weighted by molar-refractivity contribution is 6.33. The SMILES string of the molecule is FC(F)Oc1cnc(Oc2cnc(Nc3ccc([C@@H]4CNCCO4)cc3Cl)nc2)nc1. The van der Waals surface area contributed by atoms with E-state index in [0.29, 0.717) is 23.3 Å². The van der Waals surface area contributed by atoms with E-state index in [1.165, 1.54) is 12.4 Å². The number of hydrogen-bond acceptors (Lipinski definition) is 9. The summed E-state index contributed by atoms with van der Waals surface area (Å²) in [5.41, 5.74) is 1.62. The van der Waals surface area contributed by atoms with Gasteiger partial charge >= 0.3 is 12.6 Å². The van der Waals surface area contributed by atoms with Gasteiger partial charge in [0, 0.05) is 13.1 Å². The van der Waals surface area contributed by atoms with Crippen LogP contribution in [0.25, 0.3) is 0 Å². The van der Waals surface area contributed by atoms with Crippen LogP contribution in [0, 0.1) is 0 Å². The molecule has 1 aromatic carbocycles. The van der Waals surface area contributed by atoms with Crippen LogP contribution in [0.4, 0.5) is 20.4 Å². The number of aromatic nitrogens is 4. The summed E-state index contributed by atoms with van der Waals surface area (Å²) in [7, 11) is 0. The summed E-state index contributed by atoms with van der Waals surface area (Å²) in [5, 5.41) is 6.82. The number of nitrogens with zero attached hydrogens (tertiary/aromatic N) is 4. The molecule has 31 heavy (non-hydrogen) atoms. The highest BCUT2D eigenvalue weighted by atomic mass is 35.5. The Balaban J connectivity index is 1.37. The monoisotopic (exact) mass is 450 g/mol. The summed E-state index contributed by atoms with van der Waals surface area (Å²) < 4.78 is 39.6. The number of hydrogen-bond donors (Lipinski definition) is 2.